The minimum atomic E-state index is -0.449. The quantitative estimate of drug-likeness (QED) is 0.757. The van der Waals surface area contributed by atoms with Crippen molar-refractivity contribution in [2.24, 2.45) is 0 Å². The van der Waals surface area contributed by atoms with Gasteiger partial charge in [-0.3, -0.25) is 4.90 Å². The first-order valence-electron chi connectivity index (χ1n) is 5.99. The molecular weight excluding hydrogens is 190 g/mol. The maximum Gasteiger partial charge on any atom is 0.0774 e. The van der Waals surface area contributed by atoms with Crippen molar-refractivity contribution in [3.8, 4) is 0 Å². The molecule has 1 saturated carbocycles. The Morgan fingerprint density at radius 1 is 1.33 bits per heavy atom. The first-order valence-corrected chi connectivity index (χ1v) is 5.99. The van der Waals surface area contributed by atoms with Crippen LogP contribution in [0.15, 0.2) is 0 Å². The Balaban J connectivity index is 2.37. The summed E-state index contributed by atoms with van der Waals surface area (Å²) in [7, 11) is 3.79. The van der Waals surface area contributed by atoms with E-state index in [1.54, 1.807) is 7.11 Å². The van der Waals surface area contributed by atoms with Crippen molar-refractivity contribution in [2.75, 3.05) is 27.3 Å². The molecule has 1 aliphatic rings. The van der Waals surface area contributed by atoms with E-state index in [9.17, 15) is 5.11 Å². The number of aliphatic hydroxyl groups is 1. The van der Waals surface area contributed by atoms with Crippen molar-refractivity contribution < 1.29 is 9.84 Å². The van der Waals surface area contributed by atoms with Crippen molar-refractivity contribution in [3.63, 3.8) is 0 Å². The Hall–Kier alpha value is -0.120. The summed E-state index contributed by atoms with van der Waals surface area (Å²) in [5.74, 6) is 0. The van der Waals surface area contributed by atoms with E-state index in [0.29, 0.717) is 6.04 Å². The highest BCUT2D eigenvalue weighted by Crippen LogP contribution is 2.28. The van der Waals surface area contributed by atoms with Crippen LogP contribution in [0.5, 0.6) is 0 Å². The number of hydrogen-bond acceptors (Lipinski definition) is 3. The average Bonchev–Trinajstić information content (AvgIpc) is 2.18. The van der Waals surface area contributed by atoms with Crippen molar-refractivity contribution in [2.45, 2.75) is 50.7 Å². The van der Waals surface area contributed by atoms with Gasteiger partial charge in [-0.05, 0) is 26.8 Å². The topological polar surface area (TPSA) is 32.7 Å². The lowest BCUT2D eigenvalue weighted by Gasteiger charge is -2.37. The molecule has 0 heterocycles. The molecule has 1 N–H and O–H groups in total. The van der Waals surface area contributed by atoms with Crippen LogP contribution in [0.1, 0.15) is 39.0 Å². The number of likely N-dealkylation sites (N-methyl/N-ethyl adjacent to an activating group) is 1. The normalized spacial score (nSPS) is 23.0. The van der Waals surface area contributed by atoms with Gasteiger partial charge in [-0.2, -0.15) is 0 Å². The number of rotatable bonds is 5. The maximum absolute atomic E-state index is 10.4. The summed E-state index contributed by atoms with van der Waals surface area (Å²) >= 11 is 0. The second-order valence-corrected chi connectivity index (χ2v) is 5.00. The Bertz CT molecular complexity index is 178. The van der Waals surface area contributed by atoms with Crippen LogP contribution in [0, 0.1) is 0 Å². The van der Waals surface area contributed by atoms with E-state index >= 15 is 0 Å². The molecule has 1 aliphatic carbocycles. The molecule has 0 saturated heterocycles. The van der Waals surface area contributed by atoms with Crippen LogP contribution in [0.25, 0.3) is 0 Å². The Kier molecular flexibility index (Phi) is 5.03. The van der Waals surface area contributed by atoms with Gasteiger partial charge < -0.3 is 9.84 Å². The average molecular weight is 215 g/mol. The van der Waals surface area contributed by atoms with Crippen LogP contribution in [-0.4, -0.2) is 49.0 Å². The first kappa shape index (κ1) is 12.9. The molecule has 15 heavy (non-hydrogen) atoms. The molecule has 0 spiro atoms. The molecule has 0 aromatic carbocycles. The number of methoxy groups -OCH3 is 1. The van der Waals surface area contributed by atoms with E-state index < -0.39 is 5.60 Å². The zero-order valence-corrected chi connectivity index (χ0v) is 10.3. The molecule has 0 bridgehead atoms. The van der Waals surface area contributed by atoms with Crippen LogP contribution in [-0.2, 0) is 4.74 Å². The summed E-state index contributed by atoms with van der Waals surface area (Å²) in [5.41, 5.74) is -0.449. The fourth-order valence-electron chi connectivity index (χ4n) is 2.36. The summed E-state index contributed by atoms with van der Waals surface area (Å²) in [6.07, 6.45) is 5.53. The third-order valence-corrected chi connectivity index (χ3v) is 3.49. The standard InChI is InChI=1S/C12H25NO2/c1-11(9-15-3)13(2)10-12(14)7-5-4-6-8-12/h11,14H,4-10H2,1-3H3. The third kappa shape index (κ3) is 4.09. The second kappa shape index (κ2) is 5.83. The lowest BCUT2D eigenvalue weighted by molar-refractivity contribution is -0.0340. The van der Waals surface area contributed by atoms with Gasteiger partial charge in [0, 0.05) is 19.7 Å². The molecule has 0 aromatic heterocycles. The van der Waals surface area contributed by atoms with E-state index in [1.165, 1.54) is 19.3 Å². The highest BCUT2D eigenvalue weighted by Gasteiger charge is 2.31. The predicted octanol–water partition coefficient (Wildman–Crippen LogP) is 1.65. The molecule has 0 aliphatic heterocycles. The molecule has 0 radical (unpaired) electrons. The molecule has 1 rings (SSSR count). The highest BCUT2D eigenvalue weighted by molar-refractivity contribution is 4.85. The first-order chi connectivity index (χ1) is 7.07. The minimum Gasteiger partial charge on any atom is -0.389 e. The van der Waals surface area contributed by atoms with Crippen molar-refractivity contribution in [1.82, 2.24) is 4.90 Å². The van der Waals surface area contributed by atoms with Gasteiger partial charge in [0.15, 0.2) is 0 Å². The number of ether oxygens (including phenoxy) is 1. The number of nitrogens with zero attached hydrogens (tertiary/aromatic N) is 1. The number of hydrogen-bond donors (Lipinski definition) is 1. The molecule has 1 fully saturated rings. The largest absolute Gasteiger partial charge is 0.389 e. The lowest BCUT2D eigenvalue weighted by Crippen LogP contribution is -2.46. The Morgan fingerprint density at radius 2 is 1.93 bits per heavy atom. The third-order valence-electron chi connectivity index (χ3n) is 3.49. The summed E-state index contributed by atoms with van der Waals surface area (Å²) in [4.78, 5) is 2.20. The van der Waals surface area contributed by atoms with Gasteiger partial charge >= 0.3 is 0 Å². The van der Waals surface area contributed by atoms with Gasteiger partial charge in [-0.25, -0.2) is 0 Å². The van der Waals surface area contributed by atoms with Crippen molar-refractivity contribution in [1.29, 1.82) is 0 Å². The molecule has 1 unspecified atom stereocenters. The van der Waals surface area contributed by atoms with E-state index in [2.05, 4.69) is 18.9 Å². The van der Waals surface area contributed by atoms with Crippen molar-refractivity contribution in [3.05, 3.63) is 0 Å². The summed E-state index contributed by atoms with van der Waals surface area (Å²) in [5, 5.41) is 10.4. The lowest BCUT2D eigenvalue weighted by atomic mass is 9.84. The fourth-order valence-corrected chi connectivity index (χ4v) is 2.36. The van der Waals surface area contributed by atoms with E-state index in [-0.39, 0.29) is 0 Å². The Labute approximate surface area is 93.4 Å². The maximum atomic E-state index is 10.4. The molecular formula is C12H25NO2. The van der Waals surface area contributed by atoms with Crippen LogP contribution >= 0.6 is 0 Å². The fraction of sp³-hybridized carbons (Fsp3) is 1.00. The summed E-state index contributed by atoms with van der Waals surface area (Å²) in [6.45, 7) is 3.64. The van der Waals surface area contributed by atoms with Gasteiger partial charge in [0.25, 0.3) is 0 Å². The van der Waals surface area contributed by atoms with Crippen LogP contribution in [0.4, 0.5) is 0 Å². The minimum absolute atomic E-state index is 0.376. The highest BCUT2D eigenvalue weighted by atomic mass is 16.5. The summed E-state index contributed by atoms with van der Waals surface area (Å²) < 4.78 is 5.12. The van der Waals surface area contributed by atoms with Crippen LogP contribution in [0.3, 0.4) is 0 Å². The Morgan fingerprint density at radius 3 is 2.47 bits per heavy atom. The van der Waals surface area contributed by atoms with E-state index in [0.717, 1.165) is 26.0 Å². The van der Waals surface area contributed by atoms with Crippen LogP contribution < -0.4 is 0 Å². The molecule has 0 aromatic rings. The van der Waals surface area contributed by atoms with E-state index in [4.69, 9.17) is 4.74 Å². The van der Waals surface area contributed by atoms with Gasteiger partial charge in [-0.15, -0.1) is 0 Å². The van der Waals surface area contributed by atoms with Gasteiger partial charge in [0.2, 0.25) is 0 Å². The van der Waals surface area contributed by atoms with Crippen molar-refractivity contribution >= 4 is 0 Å². The molecule has 90 valence electrons. The molecule has 1 atom stereocenters. The molecule has 0 amide bonds. The zero-order chi connectivity index (χ0) is 11.3. The van der Waals surface area contributed by atoms with E-state index in [1.807, 2.05) is 0 Å². The van der Waals surface area contributed by atoms with Gasteiger partial charge in [0.05, 0.1) is 12.2 Å². The predicted molar refractivity (Wildman–Crippen MR) is 62.0 cm³/mol. The van der Waals surface area contributed by atoms with Crippen LogP contribution in [0.2, 0.25) is 0 Å². The summed E-state index contributed by atoms with van der Waals surface area (Å²) in [6, 6.07) is 0.376. The van der Waals surface area contributed by atoms with Gasteiger partial charge in [0.1, 0.15) is 0 Å². The second-order valence-electron chi connectivity index (χ2n) is 5.00. The monoisotopic (exact) mass is 215 g/mol. The SMILES string of the molecule is COCC(C)N(C)CC1(O)CCCCC1. The molecule has 3 nitrogen and oxygen atoms in total. The molecule has 3 heteroatoms. The van der Waals surface area contributed by atoms with Gasteiger partial charge in [-0.1, -0.05) is 19.3 Å². The zero-order valence-electron chi connectivity index (χ0n) is 10.3. The smallest absolute Gasteiger partial charge is 0.0774 e.